The van der Waals surface area contributed by atoms with Gasteiger partial charge >= 0.3 is 0 Å². The Labute approximate surface area is 159 Å². The lowest BCUT2D eigenvalue weighted by atomic mass is 10.1. The molecule has 2 aromatic carbocycles. The molecular formula is C22H23N3O2. The lowest BCUT2D eigenvalue weighted by molar-refractivity contribution is 0.102. The maximum atomic E-state index is 12.8. The van der Waals surface area contributed by atoms with E-state index in [-0.39, 0.29) is 5.91 Å². The minimum absolute atomic E-state index is 0.163. The number of para-hydroxylation sites is 3. The second kappa shape index (κ2) is 8.36. The fraction of sp³-hybridized carbons (Fsp3) is 0.182. The Morgan fingerprint density at radius 3 is 2.70 bits per heavy atom. The summed E-state index contributed by atoms with van der Waals surface area (Å²) in [6.07, 6.45) is 2.47. The van der Waals surface area contributed by atoms with Crippen LogP contribution in [0.4, 0.5) is 17.2 Å². The van der Waals surface area contributed by atoms with E-state index in [1.165, 1.54) is 0 Å². The van der Waals surface area contributed by atoms with Crippen LogP contribution < -0.4 is 15.4 Å². The Hall–Kier alpha value is -3.34. The van der Waals surface area contributed by atoms with Gasteiger partial charge in [0.05, 0.1) is 12.8 Å². The highest BCUT2D eigenvalue weighted by atomic mass is 16.5. The van der Waals surface area contributed by atoms with E-state index in [2.05, 4.69) is 22.5 Å². The number of rotatable bonds is 6. The highest BCUT2D eigenvalue weighted by Gasteiger charge is 2.12. The molecule has 2 N–H and O–H groups in total. The molecule has 0 aliphatic heterocycles. The molecule has 1 amide bonds. The first kappa shape index (κ1) is 18.5. The molecule has 0 saturated heterocycles. The van der Waals surface area contributed by atoms with Crippen molar-refractivity contribution >= 4 is 23.1 Å². The Morgan fingerprint density at radius 2 is 1.93 bits per heavy atom. The van der Waals surface area contributed by atoms with Gasteiger partial charge in [-0.2, -0.15) is 0 Å². The van der Waals surface area contributed by atoms with Crippen molar-refractivity contribution in [3.63, 3.8) is 0 Å². The van der Waals surface area contributed by atoms with Crippen LogP contribution in [0, 0.1) is 6.92 Å². The third-order valence-corrected chi connectivity index (χ3v) is 4.37. The van der Waals surface area contributed by atoms with Gasteiger partial charge in [-0.1, -0.05) is 37.3 Å². The van der Waals surface area contributed by atoms with Crippen LogP contribution in [0.2, 0.25) is 0 Å². The zero-order valence-corrected chi connectivity index (χ0v) is 15.7. The molecule has 0 aliphatic carbocycles. The summed E-state index contributed by atoms with van der Waals surface area (Å²) in [7, 11) is 1.62. The molecule has 138 valence electrons. The Kier molecular flexibility index (Phi) is 5.71. The number of methoxy groups -OCH3 is 1. The third kappa shape index (κ3) is 4.26. The molecule has 1 heterocycles. The van der Waals surface area contributed by atoms with Crippen LogP contribution in [0.15, 0.2) is 60.8 Å². The van der Waals surface area contributed by atoms with E-state index >= 15 is 0 Å². The number of aryl methyl sites for hydroxylation is 2. The van der Waals surface area contributed by atoms with Crippen molar-refractivity contribution in [3.05, 3.63) is 77.5 Å². The lowest BCUT2D eigenvalue weighted by Crippen LogP contribution is -2.14. The van der Waals surface area contributed by atoms with Crippen LogP contribution >= 0.6 is 0 Å². The van der Waals surface area contributed by atoms with Crippen LogP contribution in [0.25, 0.3) is 0 Å². The number of hydrogen-bond acceptors (Lipinski definition) is 4. The summed E-state index contributed by atoms with van der Waals surface area (Å²) in [4.78, 5) is 17.1. The number of nitrogens with one attached hydrogen (secondary N) is 2. The fourth-order valence-electron chi connectivity index (χ4n) is 2.91. The number of nitrogens with zero attached hydrogens (tertiary/aromatic N) is 1. The van der Waals surface area contributed by atoms with Gasteiger partial charge in [0.25, 0.3) is 5.91 Å². The minimum Gasteiger partial charge on any atom is -0.495 e. The highest BCUT2D eigenvalue weighted by molar-refractivity contribution is 6.05. The zero-order valence-electron chi connectivity index (χ0n) is 15.7. The molecule has 3 rings (SSSR count). The molecule has 5 heteroatoms. The summed E-state index contributed by atoms with van der Waals surface area (Å²) in [5.41, 5.74) is 4.36. The molecule has 3 aromatic rings. The molecule has 1 aromatic heterocycles. The summed E-state index contributed by atoms with van der Waals surface area (Å²) < 4.78 is 5.34. The van der Waals surface area contributed by atoms with Crippen molar-refractivity contribution < 1.29 is 9.53 Å². The van der Waals surface area contributed by atoms with Gasteiger partial charge in [-0.05, 0) is 48.7 Å². The van der Waals surface area contributed by atoms with E-state index in [0.29, 0.717) is 17.1 Å². The molecule has 0 unspecified atom stereocenters. The van der Waals surface area contributed by atoms with Crippen molar-refractivity contribution in [3.8, 4) is 5.75 Å². The fourth-order valence-corrected chi connectivity index (χ4v) is 2.91. The lowest BCUT2D eigenvalue weighted by Gasteiger charge is -2.14. The van der Waals surface area contributed by atoms with Crippen LogP contribution in [0.5, 0.6) is 5.75 Å². The second-order valence-corrected chi connectivity index (χ2v) is 6.17. The highest BCUT2D eigenvalue weighted by Crippen LogP contribution is 2.27. The molecule has 0 fully saturated rings. The number of anilines is 3. The van der Waals surface area contributed by atoms with Gasteiger partial charge in [0, 0.05) is 17.4 Å². The molecule has 0 saturated carbocycles. The van der Waals surface area contributed by atoms with E-state index in [4.69, 9.17) is 4.74 Å². The van der Waals surface area contributed by atoms with Crippen LogP contribution in [-0.4, -0.2) is 18.0 Å². The van der Waals surface area contributed by atoms with Crippen LogP contribution in [0.1, 0.15) is 28.4 Å². The van der Waals surface area contributed by atoms with E-state index in [9.17, 15) is 4.79 Å². The number of carbonyl (C=O) groups is 1. The summed E-state index contributed by atoms with van der Waals surface area (Å²) in [6, 6.07) is 17.0. The van der Waals surface area contributed by atoms with Crippen molar-refractivity contribution in [2.45, 2.75) is 20.3 Å². The standard InChI is InChI=1S/C22H23N3O2/c1-4-16-9-7-8-15(2)21(16)25-22(26)17-12-13-23-20(14-17)24-18-10-5-6-11-19(18)27-3/h5-14H,4H2,1-3H3,(H,23,24)(H,25,26). The summed E-state index contributed by atoms with van der Waals surface area (Å²) in [6.45, 7) is 4.07. The molecule has 0 radical (unpaired) electrons. The quantitative estimate of drug-likeness (QED) is 0.651. The van der Waals surface area contributed by atoms with Gasteiger partial charge in [0.15, 0.2) is 0 Å². The topological polar surface area (TPSA) is 63.2 Å². The number of aromatic nitrogens is 1. The number of carbonyl (C=O) groups excluding carboxylic acids is 1. The molecular weight excluding hydrogens is 338 g/mol. The molecule has 0 bridgehead atoms. The smallest absolute Gasteiger partial charge is 0.255 e. The first-order valence-electron chi connectivity index (χ1n) is 8.88. The van der Waals surface area contributed by atoms with E-state index in [1.54, 1.807) is 25.4 Å². The van der Waals surface area contributed by atoms with E-state index in [0.717, 1.165) is 28.9 Å². The predicted molar refractivity (Wildman–Crippen MR) is 109 cm³/mol. The monoisotopic (exact) mass is 361 g/mol. The third-order valence-electron chi connectivity index (χ3n) is 4.37. The largest absolute Gasteiger partial charge is 0.495 e. The number of hydrogen-bond donors (Lipinski definition) is 2. The zero-order chi connectivity index (χ0) is 19.2. The normalized spacial score (nSPS) is 10.3. The average molecular weight is 361 g/mol. The Balaban J connectivity index is 1.82. The maximum absolute atomic E-state index is 12.8. The second-order valence-electron chi connectivity index (χ2n) is 6.17. The number of amides is 1. The molecule has 0 atom stereocenters. The van der Waals surface area contributed by atoms with Gasteiger partial charge in [-0.3, -0.25) is 4.79 Å². The SMILES string of the molecule is CCc1cccc(C)c1NC(=O)c1ccnc(Nc2ccccc2OC)c1. The number of pyridine rings is 1. The number of benzene rings is 2. The number of ether oxygens (including phenoxy) is 1. The van der Waals surface area contributed by atoms with Crippen molar-refractivity contribution in [2.75, 3.05) is 17.7 Å². The van der Waals surface area contributed by atoms with Crippen molar-refractivity contribution in [1.82, 2.24) is 4.98 Å². The van der Waals surface area contributed by atoms with Gasteiger partial charge in [-0.15, -0.1) is 0 Å². The van der Waals surface area contributed by atoms with Crippen molar-refractivity contribution in [2.24, 2.45) is 0 Å². The summed E-state index contributed by atoms with van der Waals surface area (Å²) >= 11 is 0. The first-order valence-corrected chi connectivity index (χ1v) is 8.88. The molecule has 27 heavy (non-hydrogen) atoms. The predicted octanol–water partition coefficient (Wildman–Crippen LogP) is 4.96. The Morgan fingerprint density at radius 1 is 1.11 bits per heavy atom. The maximum Gasteiger partial charge on any atom is 0.255 e. The van der Waals surface area contributed by atoms with Crippen LogP contribution in [0.3, 0.4) is 0 Å². The summed E-state index contributed by atoms with van der Waals surface area (Å²) in [5, 5.41) is 6.24. The van der Waals surface area contributed by atoms with Gasteiger partial charge < -0.3 is 15.4 Å². The summed E-state index contributed by atoms with van der Waals surface area (Å²) in [5.74, 6) is 1.12. The van der Waals surface area contributed by atoms with Gasteiger partial charge in [0.1, 0.15) is 11.6 Å². The molecule has 0 spiro atoms. The van der Waals surface area contributed by atoms with E-state index in [1.807, 2.05) is 49.4 Å². The van der Waals surface area contributed by atoms with Gasteiger partial charge in [-0.25, -0.2) is 4.98 Å². The first-order chi connectivity index (χ1) is 13.1. The van der Waals surface area contributed by atoms with Gasteiger partial charge in [0.2, 0.25) is 0 Å². The van der Waals surface area contributed by atoms with Crippen LogP contribution in [-0.2, 0) is 6.42 Å². The van der Waals surface area contributed by atoms with Crippen molar-refractivity contribution in [1.29, 1.82) is 0 Å². The molecule has 5 nitrogen and oxygen atoms in total. The minimum atomic E-state index is -0.163. The van der Waals surface area contributed by atoms with E-state index < -0.39 is 0 Å². The average Bonchev–Trinajstić information content (AvgIpc) is 2.70. The molecule has 0 aliphatic rings. The Bertz CT molecular complexity index is 954.